The zero-order valence-corrected chi connectivity index (χ0v) is 20.1. The van der Waals surface area contributed by atoms with E-state index < -0.39 is 23.7 Å². The van der Waals surface area contributed by atoms with E-state index in [4.69, 9.17) is 4.74 Å². The van der Waals surface area contributed by atoms with Gasteiger partial charge >= 0.3 is 5.97 Å². The second-order valence-corrected chi connectivity index (χ2v) is 9.18. The molecular formula is C26H27N3O4S. The van der Waals surface area contributed by atoms with Crippen LogP contribution in [0.15, 0.2) is 65.2 Å². The zero-order valence-electron chi connectivity index (χ0n) is 19.3. The van der Waals surface area contributed by atoms with Crippen LogP contribution in [0, 0.1) is 17.2 Å². The van der Waals surface area contributed by atoms with E-state index >= 15 is 0 Å². The number of hydrogen-bond donors (Lipinski definition) is 2. The van der Waals surface area contributed by atoms with Gasteiger partial charge in [-0.2, -0.15) is 5.26 Å². The van der Waals surface area contributed by atoms with Crippen LogP contribution >= 0.6 is 11.8 Å². The predicted octanol–water partition coefficient (Wildman–Crippen LogP) is 3.60. The number of hydrogen-bond acceptors (Lipinski definition) is 6. The third-order valence-electron chi connectivity index (χ3n) is 5.63. The van der Waals surface area contributed by atoms with Gasteiger partial charge in [0.05, 0.1) is 29.5 Å². The molecule has 2 N–H and O–H groups in total. The fourth-order valence-electron chi connectivity index (χ4n) is 3.75. The number of carbonyl (C=O) groups excluding carboxylic acids is 3. The normalized spacial score (nSPS) is 17.7. The van der Waals surface area contributed by atoms with E-state index in [1.807, 2.05) is 54.6 Å². The molecule has 2 aromatic carbocycles. The first-order valence-electron chi connectivity index (χ1n) is 10.9. The van der Waals surface area contributed by atoms with Crippen molar-refractivity contribution in [2.24, 2.45) is 5.92 Å². The van der Waals surface area contributed by atoms with Crippen LogP contribution in [-0.2, 0) is 25.7 Å². The van der Waals surface area contributed by atoms with Gasteiger partial charge in [0.2, 0.25) is 11.8 Å². The van der Waals surface area contributed by atoms with Crippen LogP contribution in [-0.4, -0.2) is 30.6 Å². The van der Waals surface area contributed by atoms with Crippen molar-refractivity contribution in [1.82, 2.24) is 10.6 Å². The maximum Gasteiger partial charge on any atom is 0.319 e. The number of carbonyl (C=O) groups is 3. The monoisotopic (exact) mass is 477 g/mol. The highest BCUT2D eigenvalue weighted by Crippen LogP contribution is 2.40. The Morgan fingerprint density at radius 1 is 1.15 bits per heavy atom. The SMILES string of the molecule is COC(=O)[C@H]1C(=O)NC(SCC(=O)NCc2ccccc2)=C(C#N)[C@@H]1c1ccc(C(C)C)cc1. The van der Waals surface area contributed by atoms with Gasteiger partial charge in [0.25, 0.3) is 0 Å². The number of nitrogens with zero attached hydrogens (tertiary/aromatic N) is 1. The molecule has 0 unspecified atom stereocenters. The lowest BCUT2D eigenvalue weighted by atomic mass is 9.78. The summed E-state index contributed by atoms with van der Waals surface area (Å²) < 4.78 is 4.87. The minimum absolute atomic E-state index is 0.00945. The van der Waals surface area contributed by atoms with Gasteiger partial charge in [-0.05, 0) is 22.6 Å². The van der Waals surface area contributed by atoms with Gasteiger partial charge in [0.1, 0.15) is 5.92 Å². The third-order valence-corrected chi connectivity index (χ3v) is 6.64. The van der Waals surface area contributed by atoms with Gasteiger partial charge in [0.15, 0.2) is 0 Å². The Kier molecular flexibility index (Phi) is 8.50. The van der Waals surface area contributed by atoms with Crippen molar-refractivity contribution < 1.29 is 19.1 Å². The summed E-state index contributed by atoms with van der Waals surface area (Å²) in [6.07, 6.45) is 0. The molecule has 0 spiro atoms. The number of esters is 1. The highest BCUT2D eigenvalue weighted by molar-refractivity contribution is 8.03. The molecule has 2 amide bonds. The van der Waals surface area contributed by atoms with E-state index in [0.29, 0.717) is 18.0 Å². The Hall–Kier alpha value is -3.57. The molecule has 176 valence electrons. The molecule has 0 radical (unpaired) electrons. The van der Waals surface area contributed by atoms with Crippen molar-refractivity contribution in [3.8, 4) is 6.07 Å². The average Bonchev–Trinajstić information content (AvgIpc) is 2.85. The van der Waals surface area contributed by atoms with E-state index in [2.05, 4.69) is 30.6 Å². The quantitative estimate of drug-likeness (QED) is 0.444. The van der Waals surface area contributed by atoms with E-state index in [9.17, 15) is 19.6 Å². The van der Waals surface area contributed by atoms with Crippen LogP contribution in [0.25, 0.3) is 0 Å². The van der Waals surface area contributed by atoms with Gasteiger partial charge in [-0.25, -0.2) is 0 Å². The first kappa shape index (κ1) is 25.1. The van der Waals surface area contributed by atoms with Gasteiger partial charge < -0.3 is 15.4 Å². The molecular weight excluding hydrogens is 450 g/mol. The van der Waals surface area contributed by atoms with E-state index in [-0.39, 0.29) is 22.3 Å². The molecule has 1 aliphatic heterocycles. The molecule has 3 rings (SSSR count). The number of rotatable bonds is 8. The highest BCUT2D eigenvalue weighted by Gasteiger charge is 2.44. The Bertz CT molecular complexity index is 1120. The third kappa shape index (κ3) is 5.86. The fourth-order valence-corrected chi connectivity index (χ4v) is 4.63. The summed E-state index contributed by atoms with van der Waals surface area (Å²) >= 11 is 1.07. The summed E-state index contributed by atoms with van der Waals surface area (Å²) in [5.41, 5.74) is 2.96. The molecule has 0 fully saturated rings. The molecule has 0 saturated heterocycles. The molecule has 0 bridgehead atoms. The van der Waals surface area contributed by atoms with Crippen molar-refractivity contribution in [2.75, 3.05) is 12.9 Å². The summed E-state index contributed by atoms with van der Waals surface area (Å²) in [7, 11) is 1.21. The molecule has 2 atom stereocenters. The van der Waals surface area contributed by atoms with Crippen LogP contribution in [0.2, 0.25) is 0 Å². The Balaban J connectivity index is 1.84. The number of allylic oxidation sites excluding steroid dienone is 1. The molecule has 1 heterocycles. The zero-order chi connectivity index (χ0) is 24.7. The molecule has 0 aromatic heterocycles. The number of nitrogens with one attached hydrogen (secondary N) is 2. The van der Waals surface area contributed by atoms with Crippen LogP contribution in [0.1, 0.15) is 42.4 Å². The van der Waals surface area contributed by atoms with Gasteiger partial charge in [-0.3, -0.25) is 14.4 Å². The highest BCUT2D eigenvalue weighted by atomic mass is 32.2. The van der Waals surface area contributed by atoms with Crippen molar-refractivity contribution in [3.63, 3.8) is 0 Å². The summed E-state index contributed by atoms with van der Waals surface area (Å²) in [5.74, 6) is -3.19. The first-order valence-corrected chi connectivity index (χ1v) is 11.9. The standard InChI is InChI=1S/C26H27N3O4S/c1-16(2)18-9-11-19(12-10-18)22-20(13-27)25(29-24(31)23(22)26(32)33-3)34-15-21(30)28-14-17-7-5-4-6-8-17/h4-12,16,22-23H,14-15H2,1-3H3,(H,28,30)(H,29,31)/t22-,23+/m0/s1. The minimum Gasteiger partial charge on any atom is -0.468 e. The summed E-state index contributed by atoms with van der Waals surface area (Å²) in [5, 5.41) is 15.7. The van der Waals surface area contributed by atoms with Crippen molar-refractivity contribution >= 4 is 29.5 Å². The lowest BCUT2D eigenvalue weighted by Crippen LogP contribution is -2.44. The first-order chi connectivity index (χ1) is 16.3. The van der Waals surface area contributed by atoms with Crippen LogP contribution in [0.3, 0.4) is 0 Å². The topological polar surface area (TPSA) is 108 Å². The van der Waals surface area contributed by atoms with Crippen LogP contribution < -0.4 is 10.6 Å². The van der Waals surface area contributed by atoms with E-state index in [1.165, 1.54) is 7.11 Å². The largest absolute Gasteiger partial charge is 0.468 e. The van der Waals surface area contributed by atoms with Gasteiger partial charge in [-0.1, -0.05) is 80.2 Å². The molecule has 7 nitrogen and oxygen atoms in total. The lowest BCUT2D eigenvalue weighted by molar-refractivity contribution is -0.150. The average molecular weight is 478 g/mol. The summed E-state index contributed by atoms with van der Waals surface area (Å²) in [4.78, 5) is 37.8. The molecule has 0 aliphatic carbocycles. The molecule has 0 saturated carbocycles. The van der Waals surface area contributed by atoms with Crippen molar-refractivity contribution in [2.45, 2.75) is 32.2 Å². The molecule has 2 aromatic rings. The van der Waals surface area contributed by atoms with Crippen LogP contribution in [0.4, 0.5) is 0 Å². The Morgan fingerprint density at radius 2 is 1.82 bits per heavy atom. The number of thioether (sulfide) groups is 1. The number of benzene rings is 2. The Labute approximate surface area is 203 Å². The van der Waals surface area contributed by atoms with Gasteiger partial charge in [-0.15, -0.1) is 0 Å². The second-order valence-electron chi connectivity index (χ2n) is 8.19. The minimum atomic E-state index is -1.19. The maximum atomic E-state index is 12.9. The van der Waals surface area contributed by atoms with E-state index in [0.717, 1.165) is 22.9 Å². The fraction of sp³-hybridized carbons (Fsp3) is 0.308. The van der Waals surface area contributed by atoms with Crippen molar-refractivity contribution in [3.05, 3.63) is 81.9 Å². The predicted molar refractivity (Wildman–Crippen MR) is 130 cm³/mol. The lowest BCUT2D eigenvalue weighted by Gasteiger charge is -2.31. The second kappa shape index (κ2) is 11.5. The number of ether oxygens (including phenoxy) is 1. The smallest absolute Gasteiger partial charge is 0.319 e. The number of nitriles is 1. The maximum absolute atomic E-state index is 12.9. The number of methoxy groups -OCH3 is 1. The molecule has 1 aliphatic rings. The van der Waals surface area contributed by atoms with Gasteiger partial charge in [0, 0.05) is 12.5 Å². The molecule has 8 heteroatoms. The Morgan fingerprint density at radius 3 is 2.41 bits per heavy atom. The van der Waals surface area contributed by atoms with E-state index in [1.54, 1.807) is 0 Å². The summed E-state index contributed by atoms with van der Waals surface area (Å²) in [6.45, 7) is 4.52. The number of amides is 2. The molecule has 34 heavy (non-hydrogen) atoms. The van der Waals surface area contributed by atoms with Crippen LogP contribution in [0.5, 0.6) is 0 Å². The van der Waals surface area contributed by atoms with Crippen molar-refractivity contribution in [1.29, 1.82) is 5.26 Å². The summed E-state index contributed by atoms with van der Waals surface area (Å²) in [6, 6.07) is 19.2.